The third-order valence-electron chi connectivity index (χ3n) is 6.08. The van der Waals surface area contributed by atoms with E-state index in [1.165, 1.54) is 0 Å². The normalized spacial score (nSPS) is 21.9. The molecule has 154 valence electrons. The van der Waals surface area contributed by atoms with Crippen molar-refractivity contribution in [2.24, 2.45) is 5.92 Å². The van der Waals surface area contributed by atoms with E-state index in [2.05, 4.69) is 4.98 Å². The molecule has 1 spiro atoms. The predicted molar refractivity (Wildman–Crippen MR) is 110 cm³/mol. The minimum absolute atomic E-state index is 0.0983. The van der Waals surface area contributed by atoms with E-state index in [4.69, 9.17) is 4.74 Å². The van der Waals surface area contributed by atoms with Gasteiger partial charge in [0, 0.05) is 30.3 Å². The number of sulfone groups is 1. The molecule has 7 heteroatoms. The zero-order valence-electron chi connectivity index (χ0n) is 16.8. The number of aryl methyl sites for hydroxylation is 2. The third kappa shape index (κ3) is 3.69. The smallest absolute Gasteiger partial charge is 0.253 e. The van der Waals surface area contributed by atoms with Crippen molar-refractivity contribution in [1.82, 2.24) is 9.88 Å². The molecule has 1 aromatic heterocycles. The summed E-state index contributed by atoms with van der Waals surface area (Å²) in [5, 5.41) is 0. The van der Waals surface area contributed by atoms with E-state index in [-0.39, 0.29) is 30.7 Å². The van der Waals surface area contributed by atoms with Gasteiger partial charge in [-0.3, -0.25) is 9.78 Å². The summed E-state index contributed by atoms with van der Waals surface area (Å²) in [7, 11) is -3.25. The Balaban J connectivity index is 1.42. The van der Waals surface area contributed by atoms with E-state index in [0.29, 0.717) is 25.2 Å². The molecule has 2 fully saturated rings. The Morgan fingerprint density at radius 1 is 1.21 bits per heavy atom. The molecule has 1 unspecified atom stereocenters. The maximum atomic E-state index is 12.8. The molecule has 4 rings (SSSR count). The highest BCUT2D eigenvalue weighted by molar-refractivity contribution is 7.93. The number of hydrogen-bond donors (Lipinski definition) is 0. The van der Waals surface area contributed by atoms with Gasteiger partial charge in [-0.15, -0.1) is 0 Å². The topological polar surface area (TPSA) is 76.6 Å². The fraction of sp³-hybridized carbons (Fsp3) is 0.455. The van der Waals surface area contributed by atoms with Crippen LogP contribution in [-0.2, 0) is 21.2 Å². The Kier molecular flexibility index (Phi) is 5.21. The molecule has 1 aromatic carbocycles. The number of carbonyl (C=O) groups excluding carboxylic acids is 1. The van der Waals surface area contributed by atoms with E-state index >= 15 is 0 Å². The Morgan fingerprint density at radius 3 is 2.69 bits per heavy atom. The van der Waals surface area contributed by atoms with Crippen LogP contribution in [0.5, 0.6) is 0 Å². The summed E-state index contributed by atoms with van der Waals surface area (Å²) in [6.07, 6.45) is 0.579. The summed E-state index contributed by atoms with van der Waals surface area (Å²) in [6, 6.07) is 13.2. The summed E-state index contributed by atoms with van der Waals surface area (Å²) in [5.74, 6) is -0.0418. The van der Waals surface area contributed by atoms with Gasteiger partial charge in [0.05, 0.1) is 24.7 Å². The highest BCUT2D eigenvalue weighted by Crippen LogP contribution is 2.45. The van der Waals surface area contributed by atoms with E-state index in [9.17, 15) is 13.2 Å². The summed E-state index contributed by atoms with van der Waals surface area (Å²) >= 11 is 0. The van der Waals surface area contributed by atoms with Crippen molar-refractivity contribution in [2.45, 2.75) is 31.6 Å². The lowest BCUT2D eigenvalue weighted by Crippen LogP contribution is -2.68. The van der Waals surface area contributed by atoms with Gasteiger partial charge in [0.15, 0.2) is 9.84 Å². The number of amides is 1. The first-order valence-corrected chi connectivity index (χ1v) is 11.5. The van der Waals surface area contributed by atoms with Gasteiger partial charge < -0.3 is 9.64 Å². The van der Waals surface area contributed by atoms with E-state index in [0.717, 1.165) is 17.0 Å². The molecule has 2 aliphatic rings. The minimum Gasteiger partial charge on any atom is -0.375 e. The molecule has 0 radical (unpaired) electrons. The van der Waals surface area contributed by atoms with E-state index in [1.54, 1.807) is 11.0 Å². The average molecular weight is 415 g/mol. The molecule has 0 aliphatic carbocycles. The van der Waals surface area contributed by atoms with Crippen molar-refractivity contribution in [3.63, 3.8) is 0 Å². The number of rotatable bonds is 5. The van der Waals surface area contributed by atoms with Crippen LogP contribution < -0.4 is 0 Å². The number of aromatic nitrogens is 1. The number of benzene rings is 1. The number of pyridine rings is 1. The van der Waals surface area contributed by atoms with Crippen LogP contribution >= 0.6 is 0 Å². The van der Waals surface area contributed by atoms with Gasteiger partial charge >= 0.3 is 0 Å². The van der Waals surface area contributed by atoms with Crippen LogP contribution in [0.25, 0.3) is 0 Å². The highest BCUT2D eigenvalue weighted by atomic mass is 32.2. The first-order chi connectivity index (χ1) is 13.8. The molecule has 0 saturated carbocycles. The molecule has 2 aliphatic heterocycles. The number of carbonyl (C=O) groups is 1. The van der Waals surface area contributed by atoms with E-state index in [1.807, 2.05) is 50.2 Å². The summed E-state index contributed by atoms with van der Waals surface area (Å²) < 4.78 is 30.6. The molecule has 6 nitrogen and oxygen atoms in total. The second kappa shape index (κ2) is 7.54. The molecular weight excluding hydrogens is 388 g/mol. The fourth-order valence-electron chi connectivity index (χ4n) is 4.40. The van der Waals surface area contributed by atoms with Crippen LogP contribution in [0.4, 0.5) is 0 Å². The second-order valence-electron chi connectivity index (χ2n) is 8.19. The van der Waals surface area contributed by atoms with Crippen molar-refractivity contribution < 1.29 is 17.9 Å². The van der Waals surface area contributed by atoms with Gasteiger partial charge in [0.1, 0.15) is 4.75 Å². The molecule has 1 amide bonds. The Hall–Kier alpha value is -2.25. The van der Waals surface area contributed by atoms with Gasteiger partial charge in [-0.2, -0.15) is 0 Å². The maximum Gasteiger partial charge on any atom is 0.253 e. The molecule has 1 atom stereocenters. The monoisotopic (exact) mass is 414 g/mol. The lowest BCUT2D eigenvalue weighted by Gasteiger charge is -2.49. The van der Waals surface area contributed by atoms with Crippen LogP contribution in [0, 0.1) is 19.8 Å². The van der Waals surface area contributed by atoms with E-state index < -0.39 is 14.6 Å². The SMILES string of the molecule is Cc1cccc(C(=O)N2CC3(C2)C(COCc2cccc(C)n2)CCS3(=O)=O)c1. The quantitative estimate of drug-likeness (QED) is 0.752. The standard InChI is InChI=1S/C22H26N2O4S/c1-16-5-3-7-18(11-16)21(25)24-14-22(15-24)19(9-10-29(22,26)27)12-28-13-20-8-4-6-17(2)23-20/h3-8,11,19H,9-10,12-15H2,1-2H3. The molecule has 3 heterocycles. The zero-order valence-corrected chi connectivity index (χ0v) is 17.6. The van der Waals surface area contributed by atoms with Crippen molar-refractivity contribution >= 4 is 15.7 Å². The van der Waals surface area contributed by atoms with Crippen LogP contribution in [0.1, 0.15) is 33.7 Å². The van der Waals surface area contributed by atoms with Gasteiger partial charge in [0.2, 0.25) is 0 Å². The number of likely N-dealkylation sites (tertiary alicyclic amines) is 1. The largest absolute Gasteiger partial charge is 0.375 e. The van der Waals surface area contributed by atoms with Gasteiger partial charge in [0.25, 0.3) is 5.91 Å². The van der Waals surface area contributed by atoms with Crippen LogP contribution in [0.3, 0.4) is 0 Å². The van der Waals surface area contributed by atoms with Crippen molar-refractivity contribution in [3.05, 3.63) is 65.0 Å². The predicted octanol–water partition coefficient (Wildman–Crippen LogP) is 2.54. The lowest BCUT2D eigenvalue weighted by molar-refractivity contribution is 0.0204. The molecule has 0 bridgehead atoms. The molecule has 0 N–H and O–H groups in total. The third-order valence-corrected chi connectivity index (χ3v) is 8.69. The second-order valence-corrected chi connectivity index (χ2v) is 10.6. The Morgan fingerprint density at radius 2 is 1.97 bits per heavy atom. The minimum atomic E-state index is -3.25. The molecule has 2 aromatic rings. The summed E-state index contributed by atoms with van der Waals surface area (Å²) in [6.45, 7) is 5.09. The fourth-order valence-corrected chi connectivity index (χ4v) is 6.80. The molecular formula is C22H26N2O4S. The first-order valence-electron chi connectivity index (χ1n) is 9.89. The van der Waals surface area contributed by atoms with Crippen molar-refractivity contribution in [3.8, 4) is 0 Å². The van der Waals surface area contributed by atoms with Crippen LogP contribution in [-0.4, -0.2) is 54.4 Å². The maximum absolute atomic E-state index is 12.8. The number of hydrogen-bond acceptors (Lipinski definition) is 5. The molecule has 2 saturated heterocycles. The number of ether oxygens (including phenoxy) is 1. The number of nitrogens with zero attached hydrogens (tertiary/aromatic N) is 2. The van der Waals surface area contributed by atoms with Crippen LogP contribution in [0.2, 0.25) is 0 Å². The van der Waals surface area contributed by atoms with Gasteiger partial charge in [-0.25, -0.2) is 8.42 Å². The average Bonchev–Trinajstić information content (AvgIpc) is 2.90. The van der Waals surface area contributed by atoms with Crippen molar-refractivity contribution in [2.75, 3.05) is 25.4 Å². The van der Waals surface area contributed by atoms with Gasteiger partial charge in [-0.1, -0.05) is 23.8 Å². The molecule has 29 heavy (non-hydrogen) atoms. The Labute approximate surface area is 171 Å². The van der Waals surface area contributed by atoms with Gasteiger partial charge in [-0.05, 0) is 44.5 Å². The first kappa shape index (κ1) is 20.0. The van der Waals surface area contributed by atoms with Crippen LogP contribution in [0.15, 0.2) is 42.5 Å². The summed E-state index contributed by atoms with van der Waals surface area (Å²) in [4.78, 5) is 18.8. The zero-order chi connectivity index (χ0) is 20.6. The lowest BCUT2D eigenvalue weighted by atomic mass is 9.83. The van der Waals surface area contributed by atoms with Crippen molar-refractivity contribution in [1.29, 1.82) is 0 Å². The summed E-state index contributed by atoms with van der Waals surface area (Å²) in [5.41, 5.74) is 3.38. The highest BCUT2D eigenvalue weighted by Gasteiger charge is 2.62. The Bertz CT molecular complexity index is 1030.